The summed E-state index contributed by atoms with van der Waals surface area (Å²) in [7, 11) is 0. The summed E-state index contributed by atoms with van der Waals surface area (Å²) in [6.45, 7) is 2.88. The molecule has 1 amide bonds. The van der Waals surface area contributed by atoms with Crippen LogP contribution in [0.25, 0.3) is 0 Å². The molecule has 0 radical (unpaired) electrons. The highest BCUT2D eigenvalue weighted by atomic mass is 16.5. The van der Waals surface area contributed by atoms with Crippen LogP contribution >= 0.6 is 0 Å². The van der Waals surface area contributed by atoms with Gasteiger partial charge in [-0.1, -0.05) is 12.1 Å². The number of aryl methyl sites for hydroxylation is 1. The number of nitrogen functional groups attached to an aromatic ring is 1. The lowest BCUT2D eigenvalue weighted by Gasteiger charge is -2.37. The Bertz CT molecular complexity index is 447. The van der Waals surface area contributed by atoms with Crippen LogP contribution in [0.3, 0.4) is 0 Å². The molecule has 1 aliphatic heterocycles. The predicted molar refractivity (Wildman–Crippen MR) is 77.2 cm³/mol. The molecule has 1 aromatic rings. The number of hydrogen-bond acceptors (Lipinski definition) is 4. The van der Waals surface area contributed by atoms with Gasteiger partial charge >= 0.3 is 0 Å². The van der Waals surface area contributed by atoms with E-state index in [1.807, 2.05) is 36.1 Å². The third kappa shape index (κ3) is 3.71. The highest BCUT2D eigenvalue weighted by Crippen LogP contribution is 2.15. The van der Waals surface area contributed by atoms with Gasteiger partial charge in [0, 0.05) is 18.7 Å². The van der Waals surface area contributed by atoms with Crippen LogP contribution in [0, 0.1) is 0 Å². The summed E-state index contributed by atoms with van der Waals surface area (Å²) in [6.07, 6.45) is 0.908. The molecule has 3 N–H and O–H groups in total. The summed E-state index contributed by atoms with van der Waals surface area (Å²) in [5.41, 5.74) is 7.47. The van der Waals surface area contributed by atoms with E-state index in [0.29, 0.717) is 26.0 Å². The molecule has 20 heavy (non-hydrogen) atoms. The van der Waals surface area contributed by atoms with Gasteiger partial charge in [-0.15, -0.1) is 0 Å². The Hall–Kier alpha value is -1.59. The van der Waals surface area contributed by atoms with Crippen LogP contribution in [0.1, 0.15) is 18.9 Å². The first kappa shape index (κ1) is 14.8. The van der Waals surface area contributed by atoms with E-state index in [4.69, 9.17) is 15.6 Å². The van der Waals surface area contributed by atoms with Gasteiger partial charge in [0.15, 0.2) is 0 Å². The lowest BCUT2D eigenvalue weighted by molar-refractivity contribution is -0.146. The molecule has 1 saturated heterocycles. The van der Waals surface area contributed by atoms with Crippen LogP contribution in [0.15, 0.2) is 24.3 Å². The maximum absolute atomic E-state index is 12.3. The molecule has 1 heterocycles. The van der Waals surface area contributed by atoms with E-state index >= 15 is 0 Å². The maximum atomic E-state index is 12.3. The third-order valence-electron chi connectivity index (χ3n) is 3.64. The van der Waals surface area contributed by atoms with Crippen molar-refractivity contribution in [2.24, 2.45) is 0 Å². The van der Waals surface area contributed by atoms with E-state index in [1.165, 1.54) is 0 Å². The average Bonchev–Trinajstić information content (AvgIpc) is 2.47. The van der Waals surface area contributed by atoms with Crippen molar-refractivity contribution in [3.63, 3.8) is 0 Å². The van der Waals surface area contributed by atoms with Crippen LogP contribution in [0.5, 0.6) is 0 Å². The Morgan fingerprint density at radius 3 is 2.80 bits per heavy atom. The fourth-order valence-corrected chi connectivity index (χ4v) is 2.35. The Morgan fingerprint density at radius 1 is 1.45 bits per heavy atom. The standard InChI is InChI=1S/C15H22N2O3/c1-11-10-20-14(9-18)8-17(11)15(19)7-4-12-2-5-13(16)6-3-12/h2-3,5-6,11,14,18H,4,7-10,16H2,1H3. The van der Waals surface area contributed by atoms with E-state index in [9.17, 15) is 4.79 Å². The van der Waals surface area contributed by atoms with Gasteiger partial charge in [-0.25, -0.2) is 0 Å². The molecular formula is C15H22N2O3. The lowest BCUT2D eigenvalue weighted by Crippen LogP contribution is -2.52. The highest BCUT2D eigenvalue weighted by Gasteiger charge is 2.28. The predicted octanol–water partition coefficient (Wildman–Crippen LogP) is 0.810. The van der Waals surface area contributed by atoms with Crippen molar-refractivity contribution >= 4 is 11.6 Å². The molecule has 1 fully saturated rings. The minimum absolute atomic E-state index is 0.0472. The number of carbonyl (C=O) groups is 1. The molecule has 0 aromatic heterocycles. The van der Waals surface area contributed by atoms with Gasteiger partial charge in [0.25, 0.3) is 0 Å². The second-order valence-corrected chi connectivity index (χ2v) is 5.27. The molecule has 2 unspecified atom stereocenters. The summed E-state index contributed by atoms with van der Waals surface area (Å²) in [5.74, 6) is 0.107. The molecule has 5 nitrogen and oxygen atoms in total. The van der Waals surface area contributed by atoms with E-state index < -0.39 is 0 Å². The number of ether oxygens (including phenoxy) is 1. The number of hydrogen-bond donors (Lipinski definition) is 2. The maximum Gasteiger partial charge on any atom is 0.223 e. The number of nitrogens with zero attached hydrogens (tertiary/aromatic N) is 1. The Morgan fingerprint density at radius 2 is 2.15 bits per heavy atom. The molecule has 5 heteroatoms. The first-order valence-electron chi connectivity index (χ1n) is 6.96. The monoisotopic (exact) mass is 278 g/mol. The number of morpholine rings is 1. The zero-order valence-corrected chi connectivity index (χ0v) is 11.8. The first-order chi connectivity index (χ1) is 9.60. The summed E-state index contributed by atoms with van der Waals surface area (Å²) >= 11 is 0. The number of nitrogens with two attached hydrogens (primary N) is 1. The number of carbonyl (C=O) groups excluding carboxylic acids is 1. The van der Waals surface area contributed by atoms with Gasteiger partial charge in [0.05, 0.1) is 25.4 Å². The minimum atomic E-state index is -0.258. The molecule has 1 aliphatic rings. The summed E-state index contributed by atoms with van der Waals surface area (Å²) in [4.78, 5) is 14.1. The summed E-state index contributed by atoms with van der Waals surface area (Å²) < 4.78 is 5.44. The molecule has 0 bridgehead atoms. The van der Waals surface area contributed by atoms with Crippen LogP contribution < -0.4 is 5.73 Å². The summed E-state index contributed by atoms with van der Waals surface area (Å²) in [6, 6.07) is 7.65. The SMILES string of the molecule is CC1COC(CO)CN1C(=O)CCc1ccc(N)cc1. The topological polar surface area (TPSA) is 75.8 Å². The molecule has 0 saturated carbocycles. The van der Waals surface area contributed by atoms with Crippen molar-refractivity contribution in [2.75, 3.05) is 25.5 Å². The van der Waals surface area contributed by atoms with Crippen molar-refractivity contribution in [3.8, 4) is 0 Å². The fraction of sp³-hybridized carbons (Fsp3) is 0.533. The van der Waals surface area contributed by atoms with E-state index in [2.05, 4.69) is 0 Å². The third-order valence-corrected chi connectivity index (χ3v) is 3.64. The molecule has 1 aromatic carbocycles. The molecule has 110 valence electrons. The van der Waals surface area contributed by atoms with E-state index in [-0.39, 0.29) is 24.7 Å². The zero-order chi connectivity index (χ0) is 14.5. The zero-order valence-electron chi connectivity index (χ0n) is 11.8. The second-order valence-electron chi connectivity index (χ2n) is 5.27. The molecule has 2 rings (SSSR count). The smallest absolute Gasteiger partial charge is 0.223 e. The molecule has 0 spiro atoms. The van der Waals surface area contributed by atoms with E-state index in [0.717, 1.165) is 11.3 Å². The Labute approximate surface area is 119 Å². The van der Waals surface area contributed by atoms with Gasteiger partial charge in [-0.2, -0.15) is 0 Å². The second kappa shape index (κ2) is 6.72. The van der Waals surface area contributed by atoms with Crippen molar-refractivity contribution < 1.29 is 14.6 Å². The van der Waals surface area contributed by atoms with Crippen LogP contribution in [-0.4, -0.2) is 47.8 Å². The number of anilines is 1. The molecule has 0 aliphatic carbocycles. The molecule has 2 atom stereocenters. The number of aliphatic hydroxyl groups is 1. The number of aliphatic hydroxyl groups excluding tert-OH is 1. The van der Waals surface area contributed by atoms with Gasteiger partial charge in [0.1, 0.15) is 0 Å². The van der Waals surface area contributed by atoms with Crippen molar-refractivity contribution in [1.82, 2.24) is 4.90 Å². The van der Waals surface area contributed by atoms with Crippen LogP contribution in [0.4, 0.5) is 5.69 Å². The van der Waals surface area contributed by atoms with Gasteiger partial charge in [-0.05, 0) is 31.0 Å². The van der Waals surface area contributed by atoms with E-state index in [1.54, 1.807) is 0 Å². The Balaban J connectivity index is 1.88. The average molecular weight is 278 g/mol. The van der Waals surface area contributed by atoms with Crippen molar-refractivity contribution in [1.29, 1.82) is 0 Å². The summed E-state index contributed by atoms with van der Waals surface area (Å²) in [5, 5.41) is 9.14. The molecular weight excluding hydrogens is 256 g/mol. The lowest BCUT2D eigenvalue weighted by atomic mass is 10.1. The van der Waals surface area contributed by atoms with Gasteiger partial charge in [0.2, 0.25) is 5.91 Å². The number of benzene rings is 1. The number of rotatable bonds is 4. The highest BCUT2D eigenvalue weighted by molar-refractivity contribution is 5.77. The largest absolute Gasteiger partial charge is 0.399 e. The Kier molecular flexibility index (Phi) is 4.98. The van der Waals surface area contributed by atoms with Gasteiger partial charge in [-0.3, -0.25) is 4.79 Å². The first-order valence-corrected chi connectivity index (χ1v) is 6.96. The van der Waals surface area contributed by atoms with Gasteiger partial charge < -0.3 is 20.5 Å². The van der Waals surface area contributed by atoms with Crippen LogP contribution in [-0.2, 0) is 16.0 Å². The normalized spacial score (nSPS) is 22.8. The quantitative estimate of drug-likeness (QED) is 0.799. The van der Waals surface area contributed by atoms with Crippen molar-refractivity contribution in [3.05, 3.63) is 29.8 Å². The fourth-order valence-electron chi connectivity index (χ4n) is 2.35. The number of amides is 1. The van der Waals surface area contributed by atoms with Crippen molar-refractivity contribution in [2.45, 2.75) is 31.9 Å². The van der Waals surface area contributed by atoms with Crippen LogP contribution in [0.2, 0.25) is 0 Å². The minimum Gasteiger partial charge on any atom is -0.399 e.